The Labute approximate surface area is 358 Å². The Balaban J connectivity index is 3.74. The number of hydrogen-bond donors (Lipinski definition) is 3. The summed E-state index contributed by atoms with van der Waals surface area (Å²) in [6.45, 7) is 3.31. The maximum absolute atomic E-state index is 12.1. The van der Waals surface area contributed by atoms with E-state index in [0.717, 1.165) is 96.3 Å². The van der Waals surface area contributed by atoms with Crippen molar-refractivity contribution in [2.24, 2.45) is 0 Å². The molecule has 0 rings (SSSR count). The van der Waals surface area contributed by atoms with Crippen LogP contribution in [0.4, 0.5) is 0 Å². The minimum absolute atomic E-state index is 0.0530. The molecule has 0 saturated carbocycles. The highest BCUT2D eigenvalue weighted by Gasteiger charge is 2.23. The van der Waals surface area contributed by atoms with Crippen LogP contribution in [0.2, 0.25) is 0 Å². The Morgan fingerprint density at radius 3 is 1.42 bits per heavy atom. The molecule has 0 aliphatic heterocycles. The smallest absolute Gasteiger partial charge is 0.463 e. The van der Waals surface area contributed by atoms with Gasteiger partial charge in [-0.3, -0.25) is 18.6 Å². The van der Waals surface area contributed by atoms with Gasteiger partial charge in [0.15, 0.2) is 0 Å². The van der Waals surface area contributed by atoms with Gasteiger partial charge in [0.25, 0.3) is 0 Å². The summed E-state index contributed by atoms with van der Waals surface area (Å²) < 4.78 is 26.9. The van der Waals surface area contributed by atoms with Crippen molar-refractivity contribution in [2.45, 2.75) is 161 Å². The molecule has 0 bridgehead atoms. The van der Waals surface area contributed by atoms with Crippen LogP contribution >= 0.6 is 7.82 Å². The zero-order chi connectivity index (χ0) is 43.2. The van der Waals surface area contributed by atoms with Crippen LogP contribution in [-0.2, 0) is 27.9 Å². The molecule has 1 amide bonds. The molecular weight excluding hydrogens is 762 g/mol. The van der Waals surface area contributed by atoms with Crippen molar-refractivity contribution < 1.29 is 37.9 Å². The third kappa shape index (κ3) is 45.6. The van der Waals surface area contributed by atoms with Crippen LogP contribution in [0.25, 0.3) is 0 Å². The number of phosphoric ester groups is 1. The van der Waals surface area contributed by atoms with E-state index in [1.54, 1.807) is 0 Å². The SMILES string of the molecule is CC/C=C\C/C=C\C/C=C\C/C=C\C/C=C\CCCCCC(=O)OCC(O)COP(=O)(O)OCCNC(=O)CCCCC/C=C\C/C=C\C/C=C\C/C=C\CCCCC. The maximum atomic E-state index is 12.1. The molecule has 0 aliphatic rings. The number of allylic oxidation sites excluding steroid dienone is 18. The third-order valence-corrected chi connectivity index (χ3v) is 9.67. The van der Waals surface area contributed by atoms with Gasteiger partial charge in [0, 0.05) is 19.4 Å². The fourth-order valence-electron chi connectivity index (χ4n) is 5.33. The lowest BCUT2D eigenvalue weighted by Gasteiger charge is -2.15. The van der Waals surface area contributed by atoms with E-state index in [9.17, 15) is 24.2 Å². The number of rotatable bonds is 40. The number of ether oxygens (including phenoxy) is 1. The number of aliphatic hydroxyl groups is 1. The number of amides is 1. The Kier molecular flexibility index (Phi) is 41.7. The summed E-state index contributed by atoms with van der Waals surface area (Å²) in [5.41, 5.74) is 0. The van der Waals surface area contributed by atoms with Crippen LogP contribution in [0, 0.1) is 0 Å². The van der Waals surface area contributed by atoms with Crippen molar-refractivity contribution in [3.63, 3.8) is 0 Å². The molecule has 0 aromatic carbocycles. The Hall–Kier alpha value is -3.33. The predicted octanol–water partition coefficient (Wildman–Crippen LogP) is 12.8. The van der Waals surface area contributed by atoms with Crippen LogP contribution in [0.5, 0.6) is 0 Å². The summed E-state index contributed by atoms with van der Waals surface area (Å²) in [7, 11) is -4.44. The number of carbonyl (C=O) groups excluding carboxylic acids is 2. The van der Waals surface area contributed by atoms with E-state index >= 15 is 0 Å². The zero-order valence-corrected chi connectivity index (χ0v) is 37.5. The van der Waals surface area contributed by atoms with Gasteiger partial charge >= 0.3 is 13.8 Å². The van der Waals surface area contributed by atoms with E-state index in [-0.39, 0.29) is 32.1 Å². The molecule has 0 aromatic heterocycles. The van der Waals surface area contributed by atoms with Crippen molar-refractivity contribution in [3.8, 4) is 0 Å². The molecule has 0 fully saturated rings. The van der Waals surface area contributed by atoms with Crippen molar-refractivity contribution in [2.75, 3.05) is 26.4 Å². The lowest BCUT2D eigenvalue weighted by atomic mass is 10.1. The first-order valence-electron chi connectivity index (χ1n) is 22.4. The molecule has 0 radical (unpaired) electrons. The number of aliphatic hydroxyl groups excluding tert-OH is 1. The van der Waals surface area contributed by atoms with Crippen molar-refractivity contribution >= 4 is 19.7 Å². The quantitative estimate of drug-likeness (QED) is 0.0240. The van der Waals surface area contributed by atoms with Crippen molar-refractivity contribution in [3.05, 3.63) is 109 Å². The maximum Gasteiger partial charge on any atom is 0.472 e. The Morgan fingerprint density at radius 1 is 0.542 bits per heavy atom. The summed E-state index contributed by atoms with van der Waals surface area (Å²) in [6.07, 6.45) is 58.7. The monoisotopic (exact) mass is 842 g/mol. The van der Waals surface area contributed by atoms with Gasteiger partial charge < -0.3 is 20.1 Å². The highest BCUT2D eigenvalue weighted by Crippen LogP contribution is 2.42. The highest BCUT2D eigenvalue weighted by molar-refractivity contribution is 7.47. The number of nitrogens with one attached hydrogen (secondary N) is 1. The van der Waals surface area contributed by atoms with Crippen LogP contribution in [0.1, 0.15) is 155 Å². The normalized spacial score (nSPS) is 14.3. The fraction of sp³-hybridized carbons (Fsp3) is 0.592. The third-order valence-electron chi connectivity index (χ3n) is 8.69. The van der Waals surface area contributed by atoms with Gasteiger partial charge in [-0.1, -0.05) is 149 Å². The molecule has 2 unspecified atom stereocenters. The van der Waals surface area contributed by atoms with Gasteiger partial charge in [-0.25, -0.2) is 4.57 Å². The largest absolute Gasteiger partial charge is 0.472 e. The summed E-state index contributed by atoms with van der Waals surface area (Å²) in [5.74, 6) is -0.591. The van der Waals surface area contributed by atoms with E-state index < -0.39 is 26.5 Å². The molecule has 0 spiro atoms. The highest BCUT2D eigenvalue weighted by atomic mass is 31.2. The van der Waals surface area contributed by atoms with Crippen LogP contribution < -0.4 is 5.32 Å². The number of esters is 1. The minimum Gasteiger partial charge on any atom is -0.463 e. The van der Waals surface area contributed by atoms with E-state index in [4.69, 9.17) is 13.8 Å². The zero-order valence-electron chi connectivity index (χ0n) is 36.6. The number of hydrogen-bond acceptors (Lipinski definition) is 7. The van der Waals surface area contributed by atoms with Gasteiger partial charge in [-0.2, -0.15) is 0 Å². The second-order valence-electron chi connectivity index (χ2n) is 14.3. The first-order chi connectivity index (χ1) is 28.8. The first kappa shape index (κ1) is 55.7. The lowest BCUT2D eigenvalue weighted by Crippen LogP contribution is -2.27. The minimum atomic E-state index is -4.44. The van der Waals surface area contributed by atoms with E-state index in [1.807, 2.05) is 0 Å². The topological polar surface area (TPSA) is 131 Å². The molecule has 0 aromatic rings. The molecular formula is C49H80NO8P. The number of unbranched alkanes of at least 4 members (excludes halogenated alkanes) is 9. The van der Waals surface area contributed by atoms with E-state index in [1.165, 1.54) is 25.7 Å². The summed E-state index contributed by atoms with van der Waals surface area (Å²) in [6, 6.07) is 0. The molecule has 10 heteroatoms. The average Bonchev–Trinajstić information content (AvgIpc) is 3.22. The molecule has 334 valence electrons. The Morgan fingerprint density at radius 2 is 0.966 bits per heavy atom. The van der Waals surface area contributed by atoms with E-state index in [0.29, 0.717) is 12.8 Å². The molecule has 3 N–H and O–H groups in total. The second kappa shape index (κ2) is 44.2. The van der Waals surface area contributed by atoms with Crippen LogP contribution in [0.3, 0.4) is 0 Å². The van der Waals surface area contributed by atoms with E-state index in [2.05, 4.69) is 129 Å². The molecule has 0 heterocycles. The number of phosphoric acid groups is 1. The summed E-state index contributed by atoms with van der Waals surface area (Å²) >= 11 is 0. The molecule has 0 aliphatic carbocycles. The van der Waals surface area contributed by atoms with Crippen molar-refractivity contribution in [1.29, 1.82) is 0 Å². The second-order valence-corrected chi connectivity index (χ2v) is 15.7. The Bertz CT molecular complexity index is 1330. The average molecular weight is 842 g/mol. The number of carbonyl (C=O) groups is 2. The van der Waals surface area contributed by atoms with Gasteiger partial charge in [-0.05, 0) is 103 Å². The molecule has 0 saturated heterocycles. The molecule has 59 heavy (non-hydrogen) atoms. The predicted molar refractivity (Wildman–Crippen MR) is 247 cm³/mol. The molecule has 2 atom stereocenters. The fourth-order valence-corrected chi connectivity index (χ4v) is 6.09. The van der Waals surface area contributed by atoms with Gasteiger partial charge in [0.05, 0.1) is 13.2 Å². The van der Waals surface area contributed by atoms with Crippen molar-refractivity contribution in [1.82, 2.24) is 5.32 Å². The van der Waals surface area contributed by atoms with Crippen LogP contribution in [0.15, 0.2) is 109 Å². The van der Waals surface area contributed by atoms with Crippen LogP contribution in [-0.4, -0.2) is 54.3 Å². The summed E-state index contributed by atoms with van der Waals surface area (Å²) in [4.78, 5) is 33.9. The van der Waals surface area contributed by atoms with Gasteiger partial charge in [0.2, 0.25) is 5.91 Å². The first-order valence-corrected chi connectivity index (χ1v) is 23.9. The molecule has 9 nitrogen and oxygen atoms in total. The standard InChI is InChI=1S/C49H80NO8P/c1-3-5-7-9-11-13-15-17-19-21-23-25-27-29-31-33-35-37-39-41-48(52)50-43-44-57-59(54,55)58-46-47(51)45-56-49(53)42-40-38-36-34-32-30-28-26-24-22-20-18-16-14-12-10-8-6-4-2/h6,8,11-14,17-20,23-26,29-32,47,51H,3-5,7,9-10,15-16,21-22,27-28,33-46H2,1-2H3,(H,50,52)(H,54,55)/b8-6-,13-11-,14-12-,19-17-,20-18-,25-23-,26-24-,31-29-,32-30-. The van der Waals surface area contributed by atoms with Gasteiger partial charge in [-0.15, -0.1) is 0 Å². The summed E-state index contributed by atoms with van der Waals surface area (Å²) in [5, 5.41) is 12.7. The van der Waals surface area contributed by atoms with Gasteiger partial charge in [0.1, 0.15) is 12.7 Å². The lowest BCUT2D eigenvalue weighted by molar-refractivity contribution is -0.147.